The Balaban J connectivity index is 2.20. The van der Waals surface area contributed by atoms with Crippen LogP contribution in [0.15, 0.2) is 41.5 Å². The van der Waals surface area contributed by atoms with Gasteiger partial charge in [0.25, 0.3) is 0 Å². The van der Waals surface area contributed by atoms with Gasteiger partial charge in [-0.05, 0) is 36.7 Å². The van der Waals surface area contributed by atoms with Crippen molar-refractivity contribution in [1.29, 1.82) is 0 Å². The predicted molar refractivity (Wildman–Crippen MR) is 77.6 cm³/mol. The zero-order valence-electron chi connectivity index (χ0n) is 11.2. The van der Waals surface area contributed by atoms with E-state index in [4.69, 9.17) is 4.42 Å². The molecule has 1 unspecified atom stereocenters. The van der Waals surface area contributed by atoms with Crippen molar-refractivity contribution in [3.63, 3.8) is 0 Å². The Labute approximate surface area is 109 Å². The minimum atomic E-state index is 0.345. The molecule has 96 valence electrons. The second kappa shape index (κ2) is 5.87. The van der Waals surface area contributed by atoms with Gasteiger partial charge in [-0.3, -0.25) is 0 Å². The van der Waals surface area contributed by atoms with Gasteiger partial charge in [0, 0.05) is 11.4 Å². The molecule has 1 aromatic carbocycles. The van der Waals surface area contributed by atoms with Crippen molar-refractivity contribution in [2.75, 3.05) is 7.05 Å². The third-order valence-electron chi connectivity index (χ3n) is 3.44. The molecule has 1 heterocycles. The molecule has 1 atom stereocenters. The van der Waals surface area contributed by atoms with Crippen LogP contribution in [-0.2, 0) is 0 Å². The molecular formula is C16H21NO. The SMILES string of the molecule is C=C(c1ccc2ccoc2c1)C(CCCC)NC. The van der Waals surface area contributed by atoms with Gasteiger partial charge in [0.1, 0.15) is 5.58 Å². The molecule has 0 saturated heterocycles. The minimum absolute atomic E-state index is 0.345. The van der Waals surface area contributed by atoms with Crippen molar-refractivity contribution < 1.29 is 4.42 Å². The first-order valence-corrected chi connectivity index (χ1v) is 6.60. The van der Waals surface area contributed by atoms with Gasteiger partial charge in [0.05, 0.1) is 6.26 Å². The number of benzene rings is 1. The van der Waals surface area contributed by atoms with Crippen LogP contribution in [0.2, 0.25) is 0 Å². The average Bonchev–Trinajstić information content (AvgIpc) is 2.86. The van der Waals surface area contributed by atoms with Crippen molar-refractivity contribution in [1.82, 2.24) is 5.32 Å². The Morgan fingerprint density at radius 2 is 2.22 bits per heavy atom. The Morgan fingerprint density at radius 3 is 2.94 bits per heavy atom. The highest BCUT2D eigenvalue weighted by Crippen LogP contribution is 2.24. The second-order valence-electron chi connectivity index (χ2n) is 4.68. The van der Waals surface area contributed by atoms with Crippen LogP contribution in [0.5, 0.6) is 0 Å². The minimum Gasteiger partial charge on any atom is -0.464 e. The fraction of sp³-hybridized carbons (Fsp3) is 0.375. The maximum atomic E-state index is 5.44. The number of unbranched alkanes of at least 4 members (excludes halogenated alkanes) is 1. The molecule has 0 saturated carbocycles. The molecule has 2 aromatic rings. The molecule has 0 aliphatic rings. The van der Waals surface area contributed by atoms with Gasteiger partial charge in [-0.15, -0.1) is 0 Å². The molecule has 0 radical (unpaired) electrons. The summed E-state index contributed by atoms with van der Waals surface area (Å²) in [5.74, 6) is 0. The molecule has 0 aliphatic carbocycles. The van der Waals surface area contributed by atoms with Crippen molar-refractivity contribution in [2.45, 2.75) is 32.2 Å². The monoisotopic (exact) mass is 243 g/mol. The van der Waals surface area contributed by atoms with Crippen molar-refractivity contribution >= 4 is 16.5 Å². The van der Waals surface area contributed by atoms with Crippen LogP contribution in [0.3, 0.4) is 0 Å². The number of nitrogens with one attached hydrogen (secondary N) is 1. The third kappa shape index (κ3) is 2.65. The van der Waals surface area contributed by atoms with E-state index in [1.807, 2.05) is 13.1 Å². The topological polar surface area (TPSA) is 25.2 Å². The molecule has 0 spiro atoms. The summed E-state index contributed by atoms with van der Waals surface area (Å²) in [5, 5.41) is 4.49. The van der Waals surface area contributed by atoms with Crippen LogP contribution < -0.4 is 5.32 Å². The molecule has 2 rings (SSSR count). The van der Waals surface area contributed by atoms with Gasteiger partial charge in [-0.25, -0.2) is 0 Å². The summed E-state index contributed by atoms with van der Waals surface area (Å²) in [5.41, 5.74) is 3.23. The average molecular weight is 243 g/mol. The highest BCUT2D eigenvalue weighted by Gasteiger charge is 2.12. The molecule has 0 amide bonds. The lowest BCUT2D eigenvalue weighted by molar-refractivity contribution is 0.590. The highest BCUT2D eigenvalue weighted by atomic mass is 16.3. The number of furan rings is 1. The van der Waals surface area contributed by atoms with Crippen LogP contribution in [-0.4, -0.2) is 13.1 Å². The number of hydrogen-bond donors (Lipinski definition) is 1. The molecule has 18 heavy (non-hydrogen) atoms. The smallest absolute Gasteiger partial charge is 0.134 e. The van der Waals surface area contributed by atoms with E-state index in [2.05, 4.69) is 37.0 Å². The number of hydrogen-bond acceptors (Lipinski definition) is 2. The van der Waals surface area contributed by atoms with E-state index in [1.54, 1.807) is 6.26 Å². The Morgan fingerprint density at radius 1 is 1.39 bits per heavy atom. The first-order chi connectivity index (χ1) is 8.76. The first-order valence-electron chi connectivity index (χ1n) is 6.60. The lowest BCUT2D eigenvalue weighted by Crippen LogP contribution is -2.26. The van der Waals surface area contributed by atoms with Crippen molar-refractivity contribution in [3.05, 3.63) is 42.7 Å². The van der Waals surface area contributed by atoms with E-state index in [9.17, 15) is 0 Å². The lowest BCUT2D eigenvalue weighted by Gasteiger charge is -2.19. The van der Waals surface area contributed by atoms with Crippen LogP contribution >= 0.6 is 0 Å². The summed E-state index contributed by atoms with van der Waals surface area (Å²) >= 11 is 0. The van der Waals surface area contributed by atoms with Crippen LogP contribution in [0.1, 0.15) is 31.7 Å². The van der Waals surface area contributed by atoms with Crippen molar-refractivity contribution in [3.8, 4) is 0 Å². The van der Waals surface area contributed by atoms with Gasteiger partial charge in [-0.2, -0.15) is 0 Å². The summed E-state index contributed by atoms with van der Waals surface area (Å²) < 4.78 is 5.44. The molecule has 0 bridgehead atoms. The standard InChI is InChI=1S/C16H21NO/c1-4-5-6-15(17-3)12(2)14-8-7-13-9-10-18-16(13)11-14/h7-11,15,17H,2,4-6H2,1,3H3. The zero-order chi connectivity index (χ0) is 13.0. The predicted octanol–water partition coefficient (Wildman–Crippen LogP) is 4.22. The molecule has 0 fully saturated rings. The van der Waals surface area contributed by atoms with Gasteiger partial charge in [-0.1, -0.05) is 38.5 Å². The Hall–Kier alpha value is -1.54. The largest absolute Gasteiger partial charge is 0.464 e. The second-order valence-corrected chi connectivity index (χ2v) is 4.68. The fourth-order valence-corrected chi connectivity index (χ4v) is 2.26. The van der Waals surface area contributed by atoms with Gasteiger partial charge in [0.15, 0.2) is 0 Å². The maximum absolute atomic E-state index is 5.44. The normalized spacial score (nSPS) is 12.8. The number of rotatable bonds is 6. The van der Waals surface area contributed by atoms with E-state index < -0.39 is 0 Å². The molecule has 0 aliphatic heterocycles. The zero-order valence-corrected chi connectivity index (χ0v) is 11.2. The number of fused-ring (bicyclic) bond motifs is 1. The molecule has 2 heteroatoms. The van der Waals surface area contributed by atoms with Crippen LogP contribution in [0.25, 0.3) is 16.5 Å². The Bertz CT molecular complexity index is 527. The summed E-state index contributed by atoms with van der Waals surface area (Å²) in [6.07, 6.45) is 5.28. The summed E-state index contributed by atoms with van der Waals surface area (Å²) in [7, 11) is 2.00. The summed E-state index contributed by atoms with van der Waals surface area (Å²) in [6, 6.07) is 8.61. The van der Waals surface area contributed by atoms with E-state index in [1.165, 1.54) is 12.8 Å². The third-order valence-corrected chi connectivity index (χ3v) is 3.44. The highest BCUT2D eigenvalue weighted by molar-refractivity contribution is 5.82. The summed E-state index contributed by atoms with van der Waals surface area (Å²) in [6.45, 7) is 6.45. The van der Waals surface area contributed by atoms with Gasteiger partial charge in [0.2, 0.25) is 0 Å². The molecule has 1 N–H and O–H groups in total. The molecule has 1 aromatic heterocycles. The quantitative estimate of drug-likeness (QED) is 0.821. The van der Waals surface area contributed by atoms with Gasteiger partial charge < -0.3 is 9.73 Å². The van der Waals surface area contributed by atoms with Gasteiger partial charge >= 0.3 is 0 Å². The maximum Gasteiger partial charge on any atom is 0.134 e. The fourth-order valence-electron chi connectivity index (χ4n) is 2.26. The van der Waals surface area contributed by atoms with E-state index in [-0.39, 0.29) is 0 Å². The van der Waals surface area contributed by atoms with Crippen LogP contribution in [0.4, 0.5) is 0 Å². The first kappa shape index (κ1) is 12.9. The van der Waals surface area contributed by atoms with E-state index in [0.29, 0.717) is 6.04 Å². The van der Waals surface area contributed by atoms with Crippen molar-refractivity contribution in [2.24, 2.45) is 0 Å². The molecule has 2 nitrogen and oxygen atoms in total. The molecular weight excluding hydrogens is 222 g/mol. The number of likely N-dealkylation sites (N-methyl/N-ethyl adjacent to an activating group) is 1. The van der Waals surface area contributed by atoms with Crippen LogP contribution in [0, 0.1) is 0 Å². The summed E-state index contributed by atoms with van der Waals surface area (Å²) in [4.78, 5) is 0. The Kier molecular flexibility index (Phi) is 4.21. The van der Waals surface area contributed by atoms with E-state index >= 15 is 0 Å². The van der Waals surface area contributed by atoms with E-state index in [0.717, 1.165) is 28.5 Å². The lowest BCUT2D eigenvalue weighted by atomic mass is 9.95.